The minimum Gasteiger partial charge on any atom is -0.450 e. The minimum absolute atomic E-state index is 0.255. The van der Waals surface area contributed by atoms with Crippen LogP contribution in [0.5, 0.6) is 0 Å². The zero-order valence-electron chi connectivity index (χ0n) is 14.3. The molecule has 0 fully saturated rings. The van der Waals surface area contributed by atoms with Gasteiger partial charge in [-0.2, -0.15) is 13.2 Å². The highest BCUT2D eigenvalue weighted by molar-refractivity contribution is 5.99. The molecule has 11 heteroatoms. The molecule has 0 unspecified atom stereocenters. The molecule has 8 nitrogen and oxygen atoms in total. The highest BCUT2D eigenvalue weighted by atomic mass is 19.4. The highest BCUT2D eigenvalue weighted by Gasteiger charge is 2.40. The van der Waals surface area contributed by atoms with E-state index in [0.29, 0.717) is 5.56 Å². The molecule has 0 atom stereocenters. The number of nitrogens with one attached hydrogen (secondary N) is 1. The summed E-state index contributed by atoms with van der Waals surface area (Å²) in [5, 5.41) is 21.3. The van der Waals surface area contributed by atoms with Gasteiger partial charge >= 0.3 is 18.2 Å². The second kappa shape index (κ2) is 8.75. The van der Waals surface area contributed by atoms with Crippen LogP contribution in [-0.4, -0.2) is 34.9 Å². The Morgan fingerprint density at radius 1 is 1.17 bits per heavy atom. The number of carboxylic acid groups (broad SMARTS) is 1. The Balaban J connectivity index is 2.62. The van der Waals surface area contributed by atoms with Crippen LogP contribution in [0.3, 0.4) is 0 Å². The molecule has 0 radical (unpaired) electrons. The molecule has 2 aromatic carbocycles. The lowest BCUT2D eigenvalue weighted by Crippen LogP contribution is -2.30. The number of amides is 1. The van der Waals surface area contributed by atoms with Gasteiger partial charge in [-0.1, -0.05) is 42.2 Å². The van der Waals surface area contributed by atoms with E-state index in [0.717, 1.165) is 6.07 Å². The number of carbonyl (C=O) groups excluding carboxylic acids is 1. The van der Waals surface area contributed by atoms with Gasteiger partial charge in [-0.25, -0.2) is 4.79 Å². The van der Waals surface area contributed by atoms with Crippen LogP contribution in [0.25, 0.3) is 11.1 Å². The Kier molecular flexibility index (Phi) is 6.40. The third kappa shape index (κ3) is 5.70. The molecule has 0 aliphatic carbocycles. The van der Waals surface area contributed by atoms with E-state index in [1.165, 1.54) is 11.4 Å². The average Bonchev–Trinajstić information content (AvgIpc) is 2.65. The SMILES string of the molecule is O=C(O)OCC#Cc1cc(-c2ccccc2)cc([N+](=O)[O-])c1NC(=O)C(F)(F)F. The third-order valence-electron chi connectivity index (χ3n) is 3.41. The molecule has 2 aromatic rings. The molecule has 0 bridgehead atoms. The summed E-state index contributed by atoms with van der Waals surface area (Å²) >= 11 is 0. The lowest BCUT2D eigenvalue weighted by Gasteiger charge is -2.12. The molecule has 2 rings (SSSR count). The molecule has 2 N–H and O–H groups in total. The molecule has 0 heterocycles. The highest BCUT2D eigenvalue weighted by Crippen LogP contribution is 2.35. The summed E-state index contributed by atoms with van der Waals surface area (Å²) in [6, 6.07) is 10.4. The van der Waals surface area contributed by atoms with Gasteiger partial charge in [-0.05, 0) is 17.2 Å². The van der Waals surface area contributed by atoms with Gasteiger partial charge < -0.3 is 15.2 Å². The first-order valence-electron chi connectivity index (χ1n) is 7.70. The Morgan fingerprint density at radius 2 is 1.83 bits per heavy atom. The first kappa shape index (κ1) is 21.2. The van der Waals surface area contributed by atoms with Crippen LogP contribution in [0.1, 0.15) is 5.56 Å². The monoisotopic (exact) mass is 408 g/mol. The van der Waals surface area contributed by atoms with Crippen LogP contribution < -0.4 is 5.32 Å². The van der Waals surface area contributed by atoms with E-state index in [-0.39, 0.29) is 11.1 Å². The predicted octanol–water partition coefficient (Wildman–Crippen LogP) is 3.81. The summed E-state index contributed by atoms with van der Waals surface area (Å²) in [6.07, 6.45) is -6.92. The molecule has 0 aliphatic heterocycles. The van der Waals surface area contributed by atoms with Crippen molar-refractivity contribution in [1.29, 1.82) is 0 Å². The van der Waals surface area contributed by atoms with Gasteiger partial charge in [0.05, 0.1) is 10.5 Å². The topological polar surface area (TPSA) is 119 Å². The summed E-state index contributed by atoms with van der Waals surface area (Å²) < 4.78 is 42.1. The van der Waals surface area contributed by atoms with Crippen LogP contribution in [-0.2, 0) is 9.53 Å². The van der Waals surface area contributed by atoms with E-state index >= 15 is 0 Å². The molecule has 0 spiro atoms. The van der Waals surface area contributed by atoms with Crippen LogP contribution in [0.15, 0.2) is 42.5 Å². The van der Waals surface area contributed by atoms with Crippen molar-refractivity contribution in [2.45, 2.75) is 6.18 Å². The number of anilines is 1. The lowest BCUT2D eigenvalue weighted by molar-refractivity contribution is -0.383. The Morgan fingerprint density at radius 3 is 2.38 bits per heavy atom. The third-order valence-corrected chi connectivity index (χ3v) is 3.41. The molecule has 0 aromatic heterocycles. The Hall–Kier alpha value is -4.07. The molecule has 150 valence electrons. The van der Waals surface area contributed by atoms with Crippen LogP contribution in [0, 0.1) is 22.0 Å². The second-order valence-corrected chi connectivity index (χ2v) is 5.35. The van der Waals surface area contributed by atoms with Crippen molar-refractivity contribution in [3.63, 3.8) is 0 Å². The standard InChI is InChI=1S/C18H11F3N2O6/c19-18(20,21)16(24)22-15-12(7-4-8-29-17(25)26)9-13(10-14(15)23(27)28)11-5-2-1-3-6-11/h1-3,5-6,9-10H,8H2,(H,22,24)(H,25,26). The number of carbonyl (C=O) groups is 2. The maximum Gasteiger partial charge on any atom is 0.506 e. The second-order valence-electron chi connectivity index (χ2n) is 5.35. The molecular formula is C18H11F3N2O6. The van der Waals surface area contributed by atoms with Gasteiger partial charge in [0, 0.05) is 6.07 Å². The van der Waals surface area contributed by atoms with Crippen molar-refractivity contribution >= 4 is 23.4 Å². The largest absolute Gasteiger partial charge is 0.506 e. The van der Waals surface area contributed by atoms with E-state index in [1.54, 1.807) is 30.3 Å². The summed E-state index contributed by atoms with van der Waals surface area (Å²) in [5.41, 5.74) is -1.13. The zero-order chi connectivity index (χ0) is 21.6. The Bertz CT molecular complexity index is 1010. The van der Waals surface area contributed by atoms with E-state index < -0.39 is 41.1 Å². The molecule has 0 saturated carbocycles. The number of alkyl halides is 3. The first-order valence-corrected chi connectivity index (χ1v) is 7.70. The van der Waals surface area contributed by atoms with Gasteiger partial charge in [-0.15, -0.1) is 0 Å². The van der Waals surface area contributed by atoms with Crippen molar-refractivity contribution in [3.05, 3.63) is 58.1 Å². The summed E-state index contributed by atoms with van der Waals surface area (Å²) in [7, 11) is 0. The van der Waals surface area contributed by atoms with E-state index in [1.807, 2.05) is 0 Å². The van der Waals surface area contributed by atoms with E-state index in [4.69, 9.17) is 5.11 Å². The summed E-state index contributed by atoms with van der Waals surface area (Å²) in [6.45, 7) is -0.634. The molecule has 29 heavy (non-hydrogen) atoms. The minimum atomic E-state index is -5.29. The smallest absolute Gasteiger partial charge is 0.450 e. The molecular weight excluding hydrogens is 397 g/mol. The number of halogens is 3. The maximum atomic E-state index is 12.6. The number of nitrogens with zero attached hydrogens (tertiary/aromatic N) is 1. The normalized spacial score (nSPS) is 10.4. The number of nitro groups is 1. The fourth-order valence-corrected chi connectivity index (χ4v) is 2.21. The zero-order valence-corrected chi connectivity index (χ0v) is 14.3. The van der Waals surface area contributed by atoms with Gasteiger partial charge in [0.1, 0.15) is 5.69 Å². The van der Waals surface area contributed by atoms with Gasteiger partial charge in [-0.3, -0.25) is 14.9 Å². The summed E-state index contributed by atoms with van der Waals surface area (Å²) in [5.74, 6) is 2.11. The number of ether oxygens (including phenoxy) is 1. The van der Waals surface area contributed by atoms with Crippen molar-refractivity contribution in [3.8, 4) is 23.0 Å². The Labute approximate surface area is 161 Å². The van der Waals surface area contributed by atoms with Crippen molar-refractivity contribution in [1.82, 2.24) is 0 Å². The van der Waals surface area contributed by atoms with Crippen molar-refractivity contribution < 1.29 is 37.5 Å². The fourth-order valence-electron chi connectivity index (χ4n) is 2.21. The average molecular weight is 408 g/mol. The number of hydrogen-bond acceptors (Lipinski definition) is 5. The van der Waals surface area contributed by atoms with E-state index in [9.17, 15) is 32.9 Å². The number of nitro benzene ring substituents is 1. The molecule has 0 aliphatic rings. The fraction of sp³-hybridized carbons (Fsp3) is 0.111. The maximum absolute atomic E-state index is 12.6. The first-order chi connectivity index (χ1) is 13.6. The number of hydrogen-bond donors (Lipinski definition) is 2. The lowest BCUT2D eigenvalue weighted by atomic mass is 10.0. The summed E-state index contributed by atoms with van der Waals surface area (Å²) in [4.78, 5) is 32.2. The van der Waals surface area contributed by atoms with Gasteiger partial charge in [0.15, 0.2) is 6.61 Å². The molecule has 0 saturated heterocycles. The van der Waals surface area contributed by atoms with Crippen LogP contribution >= 0.6 is 0 Å². The van der Waals surface area contributed by atoms with Crippen molar-refractivity contribution in [2.75, 3.05) is 11.9 Å². The van der Waals surface area contributed by atoms with Crippen molar-refractivity contribution in [2.24, 2.45) is 0 Å². The number of rotatable bonds is 4. The van der Waals surface area contributed by atoms with Crippen LogP contribution in [0.2, 0.25) is 0 Å². The van der Waals surface area contributed by atoms with Crippen LogP contribution in [0.4, 0.5) is 29.3 Å². The number of benzene rings is 2. The van der Waals surface area contributed by atoms with E-state index in [2.05, 4.69) is 16.6 Å². The molecule has 1 amide bonds. The van der Waals surface area contributed by atoms with Gasteiger partial charge in [0.25, 0.3) is 5.69 Å². The quantitative estimate of drug-likeness (QED) is 0.344. The predicted molar refractivity (Wildman–Crippen MR) is 94.1 cm³/mol. The van der Waals surface area contributed by atoms with Gasteiger partial charge in [0.2, 0.25) is 0 Å².